The molecule has 0 radical (unpaired) electrons. The summed E-state index contributed by atoms with van der Waals surface area (Å²) >= 11 is 12.2. The average Bonchev–Trinajstić information content (AvgIpc) is 2.82. The number of nitrogens with one attached hydrogen (secondary N) is 1. The Hall–Kier alpha value is -2.49. The molecule has 2 amide bonds. The van der Waals surface area contributed by atoms with Gasteiger partial charge in [0.1, 0.15) is 18.3 Å². The van der Waals surface area contributed by atoms with Crippen molar-refractivity contribution < 1.29 is 22.7 Å². The van der Waals surface area contributed by atoms with Gasteiger partial charge in [-0.1, -0.05) is 49.2 Å². The first-order valence-corrected chi connectivity index (χ1v) is 14.2. The Morgan fingerprint density at radius 2 is 1.78 bits per heavy atom. The predicted molar refractivity (Wildman–Crippen MR) is 144 cm³/mol. The molecule has 0 aliphatic heterocycles. The van der Waals surface area contributed by atoms with E-state index in [0.717, 1.165) is 22.5 Å². The third-order valence-electron chi connectivity index (χ3n) is 5.55. The van der Waals surface area contributed by atoms with Crippen LogP contribution in [0.15, 0.2) is 36.4 Å². The van der Waals surface area contributed by atoms with Crippen LogP contribution in [0.4, 0.5) is 5.69 Å². The van der Waals surface area contributed by atoms with Gasteiger partial charge in [0.2, 0.25) is 21.8 Å². The Morgan fingerprint density at radius 1 is 1.08 bits per heavy atom. The SMILES string of the molecule is CCCNC(=O)[C@H](CC)N(Cc1ccc(Cl)c(Cl)c1)C(=O)CN(c1cc(C)ccc1OC)S(C)(=O)=O. The lowest BCUT2D eigenvalue weighted by molar-refractivity contribution is -0.140. The van der Waals surface area contributed by atoms with E-state index in [-0.39, 0.29) is 18.1 Å². The Morgan fingerprint density at radius 3 is 2.33 bits per heavy atom. The molecule has 0 fully saturated rings. The lowest BCUT2D eigenvalue weighted by atomic mass is 10.1. The maximum Gasteiger partial charge on any atom is 0.244 e. The van der Waals surface area contributed by atoms with Gasteiger partial charge in [-0.25, -0.2) is 8.42 Å². The van der Waals surface area contributed by atoms with Crippen molar-refractivity contribution in [2.24, 2.45) is 0 Å². The summed E-state index contributed by atoms with van der Waals surface area (Å²) in [5.74, 6) is -0.553. The number of carbonyl (C=O) groups is 2. The zero-order valence-electron chi connectivity index (χ0n) is 21.2. The number of methoxy groups -OCH3 is 1. The van der Waals surface area contributed by atoms with Crippen LogP contribution in [0.5, 0.6) is 5.75 Å². The topological polar surface area (TPSA) is 96.0 Å². The molecule has 198 valence electrons. The summed E-state index contributed by atoms with van der Waals surface area (Å²) in [6, 6.07) is 9.20. The van der Waals surface area contributed by atoms with Crippen LogP contribution in [-0.4, -0.2) is 57.6 Å². The average molecular weight is 559 g/mol. The first-order chi connectivity index (χ1) is 16.9. The highest BCUT2D eigenvalue weighted by Gasteiger charge is 2.32. The number of halogens is 2. The summed E-state index contributed by atoms with van der Waals surface area (Å²) in [6.45, 7) is 5.52. The van der Waals surface area contributed by atoms with Crippen LogP contribution in [0.25, 0.3) is 0 Å². The Labute approximate surface area is 223 Å². The standard InChI is InChI=1S/C25H33Cl2N3O5S/c1-6-12-28-25(32)21(7-2)29(15-18-9-10-19(26)20(27)14-18)24(31)16-30(36(5,33)34)22-13-17(3)8-11-23(22)35-4/h8-11,13-14,21H,6-7,12,15-16H2,1-5H3,(H,28,32)/t21-/m0/s1. The number of aryl methyl sites for hydroxylation is 1. The second-order valence-electron chi connectivity index (χ2n) is 8.43. The van der Waals surface area contributed by atoms with E-state index in [1.54, 1.807) is 43.3 Å². The van der Waals surface area contributed by atoms with Crippen LogP contribution in [0.3, 0.4) is 0 Å². The lowest BCUT2D eigenvalue weighted by Crippen LogP contribution is -2.52. The summed E-state index contributed by atoms with van der Waals surface area (Å²) in [7, 11) is -2.45. The zero-order chi connectivity index (χ0) is 27.0. The minimum absolute atomic E-state index is 0.0380. The van der Waals surface area contributed by atoms with Gasteiger partial charge in [0, 0.05) is 13.1 Å². The number of sulfonamides is 1. The van der Waals surface area contributed by atoms with Gasteiger partial charge in [0.25, 0.3) is 0 Å². The molecule has 0 saturated carbocycles. The smallest absolute Gasteiger partial charge is 0.244 e. The maximum atomic E-state index is 13.7. The number of nitrogens with zero attached hydrogens (tertiary/aromatic N) is 2. The van der Waals surface area contributed by atoms with Gasteiger partial charge in [-0.15, -0.1) is 0 Å². The molecule has 2 aromatic carbocycles. The third kappa shape index (κ3) is 7.75. The molecule has 0 unspecified atom stereocenters. The molecule has 1 N–H and O–H groups in total. The molecule has 11 heteroatoms. The second-order valence-corrected chi connectivity index (χ2v) is 11.2. The Kier molecular flexibility index (Phi) is 10.9. The highest BCUT2D eigenvalue weighted by atomic mass is 35.5. The van der Waals surface area contributed by atoms with Crippen molar-refractivity contribution in [1.82, 2.24) is 10.2 Å². The molecule has 8 nitrogen and oxygen atoms in total. The number of anilines is 1. The van der Waals surface area contributed by atoms with E-state index in [1.807, 2.05) is 13.8 Å². The van der Waals surface area contributed by atoms with Crippen LogP contribution in [-0.2, 0) is 26.2 Å². The minimum Gasteiger partial charge on any atom is -0.495 e. The molecule has 0 aliphatic rings. The number of rotatable bonds is 12. The number of hydrogen-bond acceptors (Lipinski definition) is 5. The van der Waals surface area contributed by atoms with Crippen molar-refractivity contribution in [1.29, 1.82) is 0 Å². The molecule has 0 aromatic heterocycles. The molecule has 1 atom stereocenters. The van der Waals surface area contributed by atoms with E-state index in [9.17, 15) is 18.0 Å². The lowest BCUT2D eigenvalue weighted by Gasteiger charge is -2.33. The van der Waals surface area contributed by atoms with Crippen LogP contribution < -0.4 is 14.4 Å². The molecule has 0 bridgehead atoms. The Bertz CT molecular complexity index is 1190. The predicted octanol–water partition coefficient (Wildman–Crippen LogP) is 4.41. The van der Waals surface area contributed by atoms with Crippen molar-refractivity contribution in [3.8, 4) is 5.75 Å². The molecule has 0 saturated heterocycles. The number of carbonyl (C=O) groups excluding carboxylic acids is 2. The van der Waals surface area contributed by atoms with Crippen molar-refractivity contribution in [3.63, 3.8) is 0 Å². The van der Waals surface area contributed by atoms with Crippen LogP contribution in [0, 0.1) is 6.92 Å². The Balaban J connectivity index is 2.52. The van der Waals surface area contributed by atoms with Crippen LogP contribution in [0.2, 0.25) is 10.0 Å². The van der Waals surface area contributed by atoms with Crippen LogP contribution in [0.1, 0.15) is 37.8 Å². The molecule has 2 rings (SSSR count). The summed E-state index contributed by atoms with van der Waals surface area (Å²) in [4.78, 5) is 28.1. The third-order valence-corrected chi connectivity index (χ3v) is 7.42. The highest BCUT2D eigenvalue weighted by Crippen LogP contribution is 2.31. The van der Waals surface area contributed by atoms with Gasteiger partial charge in [0.05, 0.1) is 29.1 Å². The fourth-order valence-electron chi connectivity index (χ4n) is 3.71. The number of amides is 2. The van der Waals surface area contributed by atoms with Crippen molar-refractivity contribution in [2.75, 3.05) is 30.8 Å². The van der Waals surface area contributed by atoms with Gasteiger partial charge in [-0.2, -0.15) is 0 Å². The highest BCUT2D eigenvalue weighted by molar-refractivity contribution is 7.92. The fraction of sp³-hybridized carbons (Fsp3) is 0.440. The summed E-state index contributed by atoms with van der Waals surface area (Å²) < 4.78 is 32.0. The zero-order valence-corrected chi connectivity index (χ0v) is 23.5. The number of benzene rings is 2. The van der Waals surface area contributed by atoms with Gasteiger partial charge in [0.15, 0.2) is 0 Å². The van der Waals surface area contributed by atoms with E-state index in [1.165, 1.54) is 12.0 Å². The molecular weight excluding hydrogens is 525 g/mol. The summed E-state index contributed by atoms with van der Waals surface area (Å²) in [5, 5.41) is 3.51. The van der Waals surface area contributed by atoms with Gasteiger partial charge >= 0.3 is 0 Å². The normalized spacial score (nSPS) is 12.1. The minimum atomic E-state index is -3.88. The molecule has 0 heterocycles. The van der Waals surface area contributed by atoms with E-state index < -0.39 is 28.5 Å². The largest absolute Gasteiger partial charge is 0.495 e. The van der Waals surface area contributed by atoms with E-state index in [4.69, 9.17) is 27.9 Å². The van der Waals surface area contributed by atoms with Crippen molar-refractivity contribution in [2.45, 2.75) is 46.2 Å². The van der Waals surface area contributed by atoms with Gasteiger partial charge in [-0.3, -0.25) is 13.9 Å². The molecule has 0 aliphatic carbocycles. The second kappa shape index (κ2) is 13.2. The first kappa shape index (κ1) is 29.7. The van der Waals surface area contributed by atoms with E-state index >= 15 is 0 Å². The number of ether oxygens (including phenoxy) is 1. The summed E-state index contributed by atoms with van der Waals surface area (Å²) in [6.07, 6.45) is 2.09. The number of hydrogen-bond donors (Lipinski definition) is 1. The van der Waals surface area contributed by atoms with Gasteiger partial charge in [-0.05, 0) is 55.2 Å². The van der Waals surface area contributed by atoms with E-state index in [0.29, 0.717) is 34.3 Å². The first-order valence-electron chi connectivity index (χ1n) is 11.6. The fourth-order valence-corrected chi connectivity index (χ4v) is 4.88. The maximum absolute atomic E-state index is 13.7. The quantitative estimate of drug-likeness (QED) is 0.417. The van der Waals surface area contributed by atoms with E-state index in [2.05, 4.69) is 5.32 Å². The van der Waals surface area contributed by atoms with Crippen molar-refractivity contribution >= 4 is 50.7 Å². The molecule has 2 aromatic rings. The monoisotopic (exact) mass is 557 g/mol. The van der Waals surface area contributed by atoms with Crippen molar-refractivity contribution in [3.05, 3.63) is 57.6 Å². The molecule has 36 heavy (non-hydrogen) atoms. The summed E-state index contributed by atoms with van der Waals surface area (Å²) in [5.41, 5.74) is 1.69. The molecule has 0 spiro atoms. The molecular formula is C25H33Cl2N3O5S. The van der Waals surface area contributed by atoms with Crippen LogP contribution >= 0.6 is 23.2 Å². The van der Waals surface area contributed by atoms with Gasteiger partial charge < -0.3 is 15.0 Å².